The van der Waals surface area contributed by atoms with Gasteiger partial charge >= 0.3 is 0 Å². The lowest BCUT2D eigenvalue weighted by Gasteiger charge is -2.27. The van der Waals surface area contributed by atoms with E-state index in [1.54, 1.807) is 16.8 Å². The number of anilines is 1. The van der Waals surface area contributed by atoms with Crippen molar-refractivity contribution in [1.82, 2.24) is 29.8 Å². The normalized spacial score (nSPS) is 12.8. The van der Waals surface area contributed by atoms with Crippen molar-refractivity contribution in [2.24, 2.45) is 11.7 Å². The smallest absolute Gasteiger partial charge is 0.163 e. The molecule has 4 aromatic heterocycles. The Morgan fingerprint density at radius 3 is 2.54 bits per heavy atom. The molecule has 0 aliphatic carbocycles. The van der Waals surface area contributed by atoms with Crippen molar-refractivity contribution in [2.45, 2.75) is 46.6 Å². The number of aromatic nitrogens is 6. The second-order valence-corrected chi connectivity index (χ2v) is 10.4. The maximum Gasteiger partial charge on any atom is 0.163 e. The van der Waals surface area contributed by atoms with E-state index in [-0.39, 0.29) is 5.54 Å². The predicted octanol–water partition coefficient (Wildman–Crippen LogP) is 5.03. The van der Waals surface area contributed by atoms with Gasteiger partial charge in [-0.05, 0) is 73.3 Å². The van der Waals surface area contributed by atoms with Crippen LogP contribution in [0, 0.1) is 19.8 Å². The molecule has 4 aromatic rings. The Balaban J connectivity index is 0.000000320. The zero-order valence-corrected chi connectivity index (χ0v) is 22.8. The summed E-state index contributed by atoms with van der Waals surface area (Å²) in [5.41, 5.74) is 15.7. The number of nitrogens with zero attached hydrogens (tertiary/aromatic N) is 6. The van der Waals surface area contributed by atoms with Gasteiger partial charge in [0.2, 0.25) is 0 Å². The van der Waals surface area contributed by atoms with Crippen LogP contribution in [0.1, 0.15) is 38.6 Å². The largest absolute Gasteiger partial charge is 0.490 e. The molecule has 0 aliphatic rings. The van der Waals surface area contributed by atoms with Gasteiger partial charge in [-0.2, -0.15) is 5.10 Å². The molecule has 35 heavy (non-hydrogen) atoms. The van der Waals surface area contributed by atoms with Crippen molar-refractivity contribution in [3.63, 3.8) is 0 Å². The van der Waals surface area contributed by atoms with Crippen molar-refractivity contribution < 1.29 is 4.74 Å². The number of fused-ring (bicyclic) bond motifs is 1. The summed E-state index contributed by atoms with van der Waals surface area (Å²) in [5.74, 6) is 1.64. The monoisotopic (exact) mass is 560 g/mol. The van der Waals surface area contributed by atoms with Gasteiger partial charge < -0.3 is 16.2 Å². The molecule has 0 bridgehead atoms. The highest BCUT2D eigenvalue weighted by atomic mass is 79.9. The lowest BCUT2D eigenvalue weighted by molar-refractivity contribution is 0.205. The van der Waals surface area contributed by atoms with Crippen LogP contribution in [0.3, 0.4) is 0 Å². The third kappa shape index (κ3) is 7.33. The lowest BCUT2D eigenvalue weighted by atomic mass is 9.93. The van der Waals surface area contributed by atoms with Gasteiger partial charge in [-0.15, -0.1) is 10.2 Å². The first-order valence-electron chi connectivity index (χ1n) is 11.1. The maximum absolute atomic E-state index is 6.34. The summed E-state index contributed by atoms with van der Waals surface area (Å²) >= 11 is 8.59. The molecule has 0 fully saturated rings. The summed E-state index contributed by atoms with van der Waals surface area (Å²) in [6.45, 7) is 10.7. The van der Waals surface area contributed by atoms with Crippen LogP contribution in [0.15, 0.2) is 41.1 Å². The number of imidazole rings is 1. The molecular weight excluding hydrogens is 532 g/mol. The van der Waals surface area contributed by atoms with E-state index in [2.05, 4.69) is 50.1 Å². The quantitative estimate of drug-likeness (QED) is 0.335. The molecule has 4 N–H and O–H groups in total. The Hall–Kier alpha value is -2.82. The van der Waals surface area contributed by atoms with Crippen LogP contribution in [-0.2, 0) is 0 Å². The molecular formula is C24H30BrClN8O. The minimum Gasteiger partial charge on any atom is -0.490 e. The van der Waals surface area contributed by atoms with E-state index in [1.165, 1.54) is 0 Å². The van der Waals surface area contributed by atoms with Gasteiger partial charge in [0, 0.05) is 17.3 Å². The summed E-state index contributed by atoms with van der Waals surface area (Å²) in [6, 6.07) is 7.43. The van der Waals surface area contributed by atoms with Crippen molar-refractivity contribution in [2.75, 3.05) is 12.3 Å². The second kappa shape index (κ2) is 11.3. The number of hydrogen-bond acceptors (Lipinski definition) is 8. The first-order chi connectivity index (χ1) is 16.4. The molecule has 0 aromatic carbocycles. The van der Waals surface area contributed by atoms with Crippen molar-refractivity contribution in [1.29, 1.82) is 0 Å². The van der Waals surface area contributed by atoms with Crippen molar-refractivity contribution in [3.05, 3.63) is 57.7 Å². The molecule has 0 saturated carbocycles. The van der Waals surface area contributed by atoms with Crippen molar-refractivity contribution in [3.8, 4) is 17.0 Å². The third-order valence-electron chi connectivity index (χ3n) is 4.97. The molecule has 0 unspecified atom stereocenters. The first-order valence-corrected chi connectivity index (χ1v) is 12.3. The SMILES string of the molecule is Cc1cn2nccc(-c3ccc(OC[C@@](C)(N)CC(C)C)c(C)n3)c2n1.Nc1nnc(Cl)cc1Br. The molecule has 4 heterocycles. The number of aryl methyl sites for hydroxylation is 2. The highest BCUT2D eigenvalue weighted by molar-refractivity contribution is 9.10. The molecule has 0 radical (unpaired) electrons. The van der Waals surface area contributed by atoms with Crippen LogP contribution in [0.5, 0.6) is 5.75 Å². The molecule has 0 aliphatic heterocycles. The summed E-state index contributed by atoms with van der Waals surface area (Å²) in [7, 11) is 0. The first kappa shape index (κ1) is 26.8. The Bertz CT molecular complexity index is 1310. The summed E-state index contributed by atoms with van der Waals surface area (Å²) in [4.78, 5) is 9.27. The second-order valence-electron chi connectivity index (χ2n) is 9.12. The third-order valence-corrected chi connectivity index (χ3v) is 5.79. The zero-order valence-electron chi connectivity index (χ0n) is 20.5. The fourth-order valence-corrected chi connectivity index (χ4v) is 4.23. The average molecular weight is 562 g/mol. The van der Waals surface area contributed by atoms with Crippen LogP contribution in [0.25, 0.3) is 16.9 Å². The van der Waals surface area contributed by atoms with Gasteiger partial charge in [0.25, 0.3) is 0 Å². The average Bonchev–Trinajstić information content (AvgIpc) is 3.15. The van der Waals surface area contributed by atoms with Gasteiger partial charge in [0.15, 0.2) is 16.6 Å². The van der Waals surface area contributed by atoms with E-state index in [9.17, 15) is 0 Å². The van der Waals surface area contributed by atoms with Crippen LogP contribution >= 0.6 is 27.5 Å². The van der Waals surface area contributed by atoms with Crippen LogP contribution < -0.4 is 16.2 Å². The van der Waals surface area contributed by atoms with E-state index >= 15 is 0 Å². The predicted molar refractivity (Wildman–Crippen MR) is 142 cm³/mol. The minimum atomic E-state index is -0.357. The van der Waals surface area contributed by atoms with Gasteiger partial charge in [-0.3, -0.25) is 0 Å². The Morgan fingerprint density at radius 1 is 1.17 bits per heavy atom. The van der Waals surface area contributed by atoms with E-state index in [0.717, 1.165) is 40.5 Å². The number of nitrogens with two attached hydrogens (primary N) is 2. The number of ether oxygens (including phenoxy) is 1. The highest BCUT2D eigenvalue weighted by Crippen LogP contribution is 2.26. The molecule has 0 spiro atoms. The van der Waals surface area contributed by atoms with E-state index in [0.29, 0.717) is 28.0 Å². The lowest BCUT2D eigenvalue weighted by Crippen LogP contribution is -2.43. The fraction of sp³-hybridized carbons (Fsp3) is 0.375. The van der Waals surface area contributed by atoms with Crippen LogP contribution in [-0.4, -0.2) is 41.9 Å². The van der Waals surface area contributed by atoms with E-state index in [4.69, 9.17) is 32.8 Å². The highest BCUT2D eigenvalue weighted by Gasteiger charge is 2.21. The maximum atomic E-state index is 6.34. The van der Waals surface area contributed by atoms with Crippen LogP contribution in [0.4, 0.5) is 5.82 Å². The summed E-state index contributed by atoms with van der Waals surface area (Å²) < 4.78 is 8.41. The minimum absolute atomic E-state index is 0.330. The molecule has 11 heteroatoms. The van der Waals surface area contributed by atoms with Gasteiger partial charge in [-0.1, -0.05) is 25.4 Å². The number of nitrogen functional groups attached to an aromatic ring is 1. The summed E-state index contributed by atoms with van der Waals surface area (Å²) in [6.07, 6.45) is 4.57. The number of halogens is 2. The number of rotatable bonds is 6. The molecule has 186 valence electrons. The molecule has 4 rings (SSSR count). The Labute approximate surface area is 218 Å². The van der Waals surface area contributed by atoms with E-state index in [1.807, 2.05) is 45.2 Å². The topological polar surface area (TPSA) is 130 Å². The Morgan fingerprint density at radius 2 is 1.91 bits per heavy atom. The van der Waals surface area contributed by atoms with Gasteiger partial charge in [0.1, 0.15) is 12.4 Å². The molecule has 0 amide bonds. The Kier molecular flexibility index (Phi) is 8.63. The number of pyridine rings is 1. The van der Waals surface area contributed by atoms with Crippen molar-refractivity contribution >= 4 is 39.0 Å². The van der Waals surface area contributed by atoms with Crippen LogP contribution in [0.2, 0.25) is 5.15 Å². The summed E-state index contributed by atoms with van der Waals surface area (Å²) in [5, 5.41) is 11.7. The van der Waals surface area contributed by atoms with E-state index < -0.39 is 0 Å². The molecule has 0 saturated heterocycles. The standard InChI is InChI=1S/C20H27N5O.C4H3BrClN3/c1-13(2)10-20(5,21)12-26-18-7-6-17(24-15(18)4)16-8-9-22-25-11-14(3)23-19(16)25;5-2-1-3(6)8-9-4(2)7/h6-9,11,13H,10,12,21H2,1-5H3;1H,(H2,7,9)/t20-;/m0./s1. The fourth-order valence-electron chi connectivity index (χ4n) is 3.65. The van der Waals surface area contributed by atoms with Gasteiger partial charge in [-0.25, -0.2) is 14.5 Å². The zero-order chi connectivity index (χ0) is 25.8. The van der Waals surface area contributed by atoms with Gasteiger partial charge in [0.05, 0.1) is 27.8 Å². The number of hydrogen-bond donors (Lipinski definition) is 2. The molecule has 9 nitrogen and oxygen atoms in total. The molecule has 1 atom stereocenters.